The molecule has 4 heterocycles. The number of nitrogens with zero attached hydrogens (tertiary/aromatic N) is 6. The minimum Gasteiger partial charge on any atom is -0.339 e. The standard InChI is InChI=1S/C22H23FN6O/c1-14-11-15(2)26-22(25-14)27-10-7-16-12-28(19(16)13-27)21(30)17-5-3-6-18(23)20(17)29-9-4-8-24-29/h3-6,8-9,11,16,19H,7,10,12-13H2,1-2H3. The molecule has 3 aromatic rings. The van der Waals surface area contributed by atoms with Crippen molar-refractivity contribution in [3.05, 3.63) is 65.5 Å². The Balaban J connectivity index is 1.41. The minimum absolute atomic E-state index is 0.0735. The van der Waals surface area contributed by atoms with Crippen molar-refractivity contribution in [1.82, 2.24) is 24.6 Å². The molecule has 0 N–H and O–H groups in total. The van der Waals surface area contributed by atoms with Crippen molar-refractivity contribution < 1.29 is 9.18 Å². The van der Waals surface area contributed by atoms with Crippen LogP contribution >= 0.6 is 0 Å². The summed E-state index contributed by atoms with van der Waals surface area (Å²) in [5.41, 5.74) is 2.40. The van der Waals surface area contributed by atoms with Gasteiger partial charge in [0.1, 0.15) is 11.5 Å². The summed E-state index contributed by atoms with van der Waals surface area (Å²) in [4.78, 5) is 26.5. The van der Waals surface area contributed by atoms with E-state index >= 15 is 0 Å². The van der Waals surface area contributed by atoms with E-state index in [0.717, 1.165) is 24.4 Å². The number of piperidine rings is 1. The van der Waals surface area contributed by atoms with E-state index in [1.807, 2.05) is 24.8 Å². The van der Waals surface area contributed by atoms with Crippen LogP contribution in [0.2, 0.25) is 0 Å². The lowest BCUT2D eigenvalue weighted by Gasteiger charge is -2.53. The molecule has 2 atom stereocenters. The molecule has 0 radical (unpaired) electrons. The highest BCUT2D eigenvalue weighted by molar-refractivity contribution is 5.98. The number of rotatable bonds is 3. The monoisotopic (exact) mass is 406 g/mol. The van der Waals surface area contributed by atoms with Gasteiger partial charge in [-0.1, -0.05) is 6.07 Å². The van der Waals surface area contributed by atoms with Gasteiger partial charge in [0.05, 0.1) is 11.6 Å². The van der Waals surface area contributed by atoms with Crippen LogP contribution in [-0.2, 0) is 0 Å². The summed E-state index contributed by atoms with van der Waals surface area (Å²) >= 11 is 0. The van der Waals surface area contributed by atoms with Crippen molar-refractivity contribution >= 4 is 11.9 Å². The zero-order valence-corrected chi connectivity index (χ0v) is 17.0. The van der Waals surface area contributed by atoms with Crippen LogP contribution in [0.25, 0.3) is 5.69 Å². The van der Waals surface area contributed by atoms with Gasteiger partial charge in [0.2, 0.25) is 5.95 Å². The zero-order chi connectivity index (χ0) is 20.8. The smallest absolute Gasteiger partial charge is 0.256 e. The number of aryl methyl sites for hydroxylation is 2. The van der Waals surface area contributed by atoms with Gasteiger partial charge in [0.25, 0.3) is 5.91 Å². The normalized spacial score (nSPS) is 20.6. The number of carbonyl (C=O) groups is 1. The summed E-state index contributed by atoms with van der Waals surface area (Å²) in [5.74, 6) is 0.547. The Hall–Kier alpha value is -3.29. The Morgan fingerprint density at radius 2 is 1.93 bits per heavy atom. The first-order valence-electron chi connectivity index (χ1n) is 10.2. The largest absolute Gasteiger partial charge is 0.339 e. The van der Waals surface area contributed by atoms with Crippen LogP contribution in [0.3, 0.4) is 0 Å². The first kappa shape index (κ1) is 18.7. The first-order valence-corrected chi connectivity index (χ1v) is 10.2. The molecule has 2 unspecified atom stereocenters. The number of likely N-dealkylation sites (tertiary alicyclic amines) is 1. The van der Waals surface area contributed by atoms with Gasteiger partial charge in [-0.2, -0.15) is 5.10 Å². The fourth-order valence-electron chi connectivity index (χ4n) is 4.54. The number of fused-ring (bicyclic) bond motifs is 1. The highest BCUT2D eigenvalue weighted by atomic mass is 19.1. The van der Waals surface area contributed by atoms with Crippen LogP contribution < -0.4 is 4.90 Å². The predicted molar refractivity (Wildman–Crippen MR) is 110 cm³/mol. The molecule has 0 aliphatic carbocycles. The fraction of sp³-hybridized carbons (Fsp3) is 0.364. The molecule has 2 aliphatic heterocycles. The van der Waals surface area contributed by atoms with Crippen LogP contribution in [0.1, 0.15) is 28.2 Å². The first-order chi connectivity index (χ1) is 14.5. The molecule has 30 heavy (non-hydrogen) atoms. The van der Waals surface area contributed by atoms with Crippen molar-refractivity contribution in [2.24, 2.45) is 5.92 Å². The number of hydrogen-bond donors (Lipinski definition) is 0. The third-order valence-electron chi connectivity index (χ3n) is 6.02. The molecule has 2 aliphatic rings. The summed E-state index contributed by atoms with van der Waals surface area (Å²) in [6, 6.07) is 8.34. The third-order valence-corrected chi connectivity index (χ3v) is 6.02. The summed E-state index contributed by atoms with van der Waals surface area (Å²) < 4.78 is 16.0. The molecule has 7 nitrogen and oxygen atoms in total. The van der Waals surface area contributed by atoms with E-state index in [-0.39, 0.29) is 17.6 Å². The number of amides is 1. The van der Waals surface area contributed by atoms with Gasteiger partial charge in [-0.15, -0.1) is 0 Å². The Kier molecular flexibility index (Phi) is 4.49. The van der Waals surface area contributed by atoms with E-state index < -0.39 is 5.82 Å². The van der Waals surface area contributed by atoms with E-state index in [4.69, 9.17) is 0 Å². The van der Waals surface area contributed by atoms with Crippen LogP contribution in [0, 0.1) is 25.6 Å². The molecule has 8 heteroatoms. The topological polar surface area (TPSA) is 67.2 Å². The van der Waals surface area contributed by atoms with Crippen molar-refractivity contribution in [2.75, 3.05) is 24.5 Å². The van der Waals surface area contributed by atoms with E-state index in [1.165, 1.54) is 10.7 Å². The van der Waals surface area contributed by atoms with Gasteiger partial charge in [-0.25, -0.2) is 19.0 Å². The van der Waals surface area contributed by atoms with Crippen molar-refractivity contribution in [2.45, 2.75) is 26.3 Å². The molecule has 2 saturated heterocycles. The number of aromatic nitrogens is 4. The van der Waals surface area contributed by atoms with Crippen molar-refractivity contribution in [1.29, 1.82) is 0 Å². The SMILES string of the molecule is Cc1cc(C)nc(N2CCC3CN(C(=O)c4cccc(F)c4-n4cccn4)C3C2)n1. The summed E-state index contributed by atoms with van der Waals surface area (Å²) in [6.07, 6.45) is 4.21. The van der Waals surface area contributed by atoms with Crippen LogP contribution in [0.4, 0.5) is 10.3 Å². The van der Waals surface area contributed by atoms with Gasteiger partial charge in [0.15, 0.2) is 0 Å². The highest BCUT2D eigenvalue weighted by Gasteiger charge is 2.46. The molecule has 0 saturated carbocycles. The number of hydrogen-bond acceptors (Lipinski definition) is 5. The Labute approximate surface area is 174 Å². The second-order valence-corrected chi connectivity index (χ2v) is 8.06. The molecule has 2 fully saturated rings. The van der Waals surface area contributed by atoms with Gasteiger partial charge < -0.3 is 9.80 Å². The number of para-hydroxylation sites is 1. The zero-order valence-electron chi connectivity index (χ0n) is 17.0. The quantitative estimate of drug-likeness (QED) is 0.669. The molecule has 1 aromatic carbocycles. The van der Waals surface area contributed by atoms with Gasteiger partial charge in [-0.3, -0.25) is 4.79 Å². The summed E-state index contributed by atoms with van der Waals surface area (Å²) in [5, 5.41) is 4.12. The predicted octanol–water partition coefficient (Wildman–Crippen LogP) is 2.77. The van der Waals surface area contributed by atoms with E-state index in [1.54, 1.807) is 30.6 Å². The molecule has 154 valence electrons. The maximum atomic E-state index is 14.6. The Morgan fingerprint density at radius 3 is 2.67 bits per heavy atom. The number of anilines is 1. The summed E-state index contributed by atoms with van der Waals surface area (Å²) in [6.45, 7) is 6.19. The fourth-order valence-corrected chi connectivity index (χ4v) is 4.54. The average Bonchev–Trinajstić information content (AvgIpc) is 3.22. The third kappa shape index (κ3) is 3.12. The van der Waals surface area contributed by atoms with Crippen LogP contribution in [-0.4, -0.2) is 56.2 Å². The molecule has 1 amide bonds. The Bertz CT molecular complexity index is 1080. The molecule has 5 rings (SSSR count). The molecule has 2 aromatic heterocycles. The van der Waals surface area contributed by atoms with Crippen molar-refractivity contribution in [3.63, 3.8) is 0 Å². The lowest BCUT2D eigenvalue weighted by molar-refractivity contribution is 0.00763. The van der Waals surface area contributed by atoms with Crippen molar-refractivity contribution in [3.8, 4) is 5.69 Å². The average molecular weight is 406 g/mol. The minimum atomic E-state index is -0.462. The maximum absolute atomic E-state index is 14.6. The van der Waals surface area contributed by atoms with Crippen LogP contribution in [0.5, 0.6) is 0 Å². The second kappa shape index (κ2) is 7.19. The summed E-state index contributed by atoms with van der Waals surface area (Å²) in [7, 11) is 0. The lowest BCUT2D eigenvalue weighted by atomic mass is 9.81. The number of benzene rings is 1. The van der Waals surface area contributed by atoms with Gasteiger partial charge >= 0.3 is 0 Å². The number of halogens is 1. The van der Waals surface area contributed by atoms with Crippen LogP contribution in [0.15, 0.2) is 42.7 Å². The van der Waals surface area contributed by atoms with Gasteiger partial charge in [0, 0.05) is 49.3 Å². The molecule has 0 bridgehead atoms. The van der Waals surface area contributed by atoms with E-state index in [2.05, 4.69) is 20.0 Å². The molecule has 0 spiro atoms. The lowest BCUT2D eigenvalue weighted by Crippen LogP contribution is -2.66. The van der Waals surface area contributed by atoms with Gasteiger partial charge in [-0.05, 0) is 44.5 Å². The Morgan fingerprint density at radius 1 is 1.13 bits per heavy atom. The van der Waals surface area contributed by atoms with E-state index in [0.29, 0.717) is 30.5 Å². The number of carbonyl (C=O) groups excluding carboxylic acids is 1. The molecular weight excluding hydrogens is 383 g/mol. The van der Waals surface area contributed by atoms with E-state index in [9.17, 15) is 9.18 Å². The maximum Gasteiger partial charge on any atom is 0.256 e. The molecular formula is C22H23FN6O. The highest BCUT2D eigenvalue weighted by Crippen LogP contribution is 2.35. The second-order valence-electron chi connectivity index (χ2n) is 8.06.